The van der Waals surface area contributed by atoms with E-state index in [9.17, 15) is 30.7 Å². The lowest BCUT2D eigenvalue weighted by Gasteiger charge is -2.29. The Labute approximate surface area is 203 Å². The van der Waals surface area contributed by atoms with Gasteiger partial charge in [0.25, 0.3) is 0 Å². The van der Waals surface area contributed by atoms with Crippen molar-refractivity contribution in [2.24, 2.45) is 5.92 Å². The maximum atomic E-state index is 14.7. The van der Waals surface area contributed by atoms with E-state index in [1.54, 1.807) is 0 Å². The van der Waals surface area contributed by atoms with Gasteiger partial charge in [-0.2, -0.15) is 0 Å². The highest BCUT2D eigenvalue weighted by Gasteiger charge is 2.27. The maximum absolute atomic E-state index is 14.7. The van der Waals surface area contributed by atoms with Crippen molar-refractivity contribution in [2.45, 2.75) is 38.7 Å². The molecule has 3 aromatic carbocycles. The second-order valence-corrected chi connectivity index (χ2v) is 8.83. The van der Waals surface area contributed by atoms with Crippen molar-refractivity contribution in [1.29, 1.82) is 0 Å². The third kappa shape index (κ3) is 5.51. The minimum absolute atomic E-state index is 0.00294. The van der Waals surface area contributed by atoms with Crippen LogP contribution in [0.5, 0.6) is 5.75 Å². The lowest BCUT2D eigenvalue weighted by atomic mass is 9.93. The molecule has 0 saturated carbocycles. The van der Waals surface area contributed by atoms with Crippen LogP contribution in [0.1, 0.15) is 43.4 Å². The van der Waals surface area contributed by atoms with E-state index >= 15 is 0 Å². The summed E-state index contributed by atoms with van der Waals surface area (Å²) in [5, 5.41) is 0. The van der Waals surface area contributed by atoms with E-state index in [0.29, 0.717) is 37.0 Å². The number of ether oxygens (including phenoxy) is 2. The van der Waals surface area contributed by atoms with Gasteiger partial charge in [-0.3, -0.25) is 0 Å². The smallest absolute Gasteiger partial charge is 0.194 e. The van der Waals surface area contributed by atoms with Gasteiger partial charge in [0.1, 0.15) is 11.6 Å². The fourth-order valence-electron chi connectivity index (χ4n) is 4.34. The molecule has 0 amide bonds. The van der Waals surface area contributed by atoms with Crippen LogP contribution >= 0.6 is 0 Å². The number of aryl methyl sites for hydroxylation is 1. The quantitative estimate of drug-likeness (QED) is 0.237. The van der Waals surface area contributed by atoms with Gasteiger partial charge in [0.05, 0.1) is 24.9 Å². The molecule has 1 saturated heterocycles. The Bertz CT molecular complexity index is 1180. The monoisotopic (exact) mass is 512 g/mol. The molecule has 0 spiro atoms. The molecule has 36 heavy (non-hydrogen) atoms. The van der Waals surface area contributed by atoms with E-state index in [2.05, 4.69) is 0 Å². The van der Waals surface area contributed by atoms with Crippen LogP contribution in [0.25, 0.3) is 11.1 Å². The summed E-state index contributed by atoms with van der Waals surface area (Å²) in [5.74, 6) is -9.23. The van der Waals surface area contributed by atoms with Gasteiger partial charge in [0, 0.05) is 5.92 Å². The summed E-state index contributed by atoms with van der Waals surface area (Å²) in [5.41, 5.74) is -0.437. The van der Waals surface area contributed by atoms with Gasteiger partial charge < -0.3 is 9.47 Å². The molecular weight excluding hydrogens is 489 g/mol. The van der Waals surface area contributed by atoms with Crippen LogP contribution in [0.15, 0.2) is 36.4 Å². The van der Waals surface area contributed by atoms with Gasteiger partial charge in [0.2, 0.25) is 0 Å². The Hall–Kier alpha value is -3.07. The predicted octanol–water partition coefficient (Wildman–Crippen LogP) is 7.83. The number of halogens is 7. The fourth-order valence-corrected chi connectivity index (χ4v) is 4.34. The second-order valence-electron chi connectivity index (χ2n) is 8.83. The molecule has 192 valence electrons. The van der Waals surface area contributed by atoms with E-state index < -0.39 is 63.7 Å². The highest BCUT2D eigenvalue weighted by Crippen LogP contribution is 2.36. The molecular formula is C27H23F7O2. The van der Waals surface area contributed by atoms with Crippen LogP contribution in [0, 0.1) is 46.6 Å². The highest BCUT2D eigenvalue weighted by molar-refractivity contribution is 5.65. The SMILES string of the molecule is CCCc1cc(F)c(OCC2CCC(c3cc(F)c(-c4cc(F)c(F)c(F)c4)c(F)c3)OC2)c(F)c1. The summed E-state index contributed by atoms with van der Waals surface area (Å²) in [6, 6.07) is 5.53. The fraction of sp³-hybridized carbons (Fsp3) is 0.333. The van der Waals surface area contributed by atoms with Crippen LogP contribution in [0.3, 0.4) is 0 Å². The summed E-state index contributed by atoms with van der Waals surface area (Å²) in [4.78, 5) is 0. The van der Waals surface area contributed by atoms with Gasteiger partial charge in [-0.1, -0.05) is 13.3 Å². The Balaban J connectivity index is 1.40. The molecule has 0 bridgehead atoms. The van der Waals surface area contributed by atoms with Gasteiger partial charge >= 0.3 is 0 Å². The normalized spacial score (nSPS) is 17.9. The van der Waals surface area contributed by atoms with Crippen molar-refractivity contribution in [3.05, 3.63) is 88.2 Å². The van der Waals surface area contributed by atoms with E-state index in [4.69, 9.17) is 9.47 Å². The molecule has 1 aliphatic rings. The Morgan fingerprint density at radius 3 is 1.92 bits per heavy atom. The minimum atomic E-state index is -1.73. The van der Waals surface area contributed by atoms with E-state index in [1.165, 1.54) is 12.1 Å². The topological polar surface area (TPSA) is 18.5 Å². The largest absolute Gasteiger partial charge is 0.487 e. The van der Waals surface area contributed by atoms with Crippen LogP contribution in [-0.2, 0) is 11.2 Å². The standard InChI is InChI=1S/C27H23F7O2/c1-2-3-14-6-22(32)27(23(33)7-14)36-13-15-4-5-24(35-12-15)16-8-18(28)25(19(29)9-16)17-10-20(30)26(34)21(31)11-17/h6-11,15,24H,2-5,12-13H2,1H3. The third-order valence-electron chi connectivity index (χ3n) is 6.14. The van der Waals surface area contributed by atoms with Crippen LogP contribution in [0.4, 0.5) is 30.7 Å². The van der Waals surface area contributed by atoms with Crippen molar-refractivity contribution in [1.82, 2.24) is 0 Å². The van der Waals surface area contributed by atoms with E-state index in [0.717, 1.165) is 18.6 Å². The first kappa shape index (κ1) is 26.0. The molecule has 3 aromatic rings. The number of hydrogen-bond donors (Lipinski definition) is 0. The first-order valence-corrected chi connectivity index (χ1v) is 11.5. The maximum Gasteiger partial charge on any atom is 0.194 e. The molecule has 0 radical (unpaired) electrons. The van der Waals surface area contributed by atoms with Crippen LogP contribution in [0.2, 0.25) is 0 Å². The zero-order valence-electron chi connectivity index (χ0n) is 19.3. The Morgan fingerprint density at radius 1 is 0.778 bits per heavy atom. The molecule has 2 unspecified atom stereocenters. The van der Waals surface area contributed by atoms with E-state index in [1.807, 2.05) is 6.92 Å². The van der Waals surface area contributed by atoms with E-state index in [-0.39, 0.29) is 24.7 Å². The molecule has 9 heteroatoms. The molecule has 0 aliphatic carbocycles. The Kier molecular flexibility index (Phi) is 7.88. The van der Waals surface area contributed by atoms with Crippen molar-refractivity contribution in [3.8, 4) is 16.9 Å². The highest BCUT2D eigenvalue weighted by atomic mass is 19.2. The van der Waals surface area contributed by atoms with Crippen molar-refractivity contribution < 1.29 is 40.2 Å². The van der Waals surface area contributed by atoms with Crippen LogP contribution < -0.4 is 4.74 Å². The number of hydrogen-bond acceptors (Lipinski definition) is 2. The number of benzene rings is 3. The molecule has 4 rings (SSSR count). The average Bonchev–Trinajstić information content (AvgIpc) is 2.82. The molecule has 2 atom stereocenters. The summed E-state index contributed by atoms with van der Waals surface area (Å²) < 4.78 is 109. The zero-order chi connectivity index (χ0) is 26.0. The molecule has 2 nitrogen and oxygen atoms in total. The molecule has 0 aromatic heterocycles. The van der Waals surface area contributed by atoms with Gasteiger partial charge in [-0.25, -0.2) is 30.7 Å². The zero-order valence-corrected chi connectivity index (χ0v) is 19.3. The summed E-state index contributed by atoms with van der Waals surface area (Å²) in [6.45, 7) is 2.03. The van der Waals surface area contributed by atoms with Crippen LogP contribution in [-0.4, -0.2) is 13.2 Å². The third-order valence-corrected chi connectivity index (χ3v) is 6.14. The Morgan fingerprint density at radius 2 is 1.39 bits per heavy atom. The second kappa shape index (κ2) is 10.9. The van der Waals surface area contributed by atoms with Crippen molar-refractivity contribution in [3.63, 3.8) is 0 Å². The summed E-state index contributed by atoms with van der Waals surface area (Å²) >= 11 is 0. The molecule has 1 fully saturated rings. The van der Waals surface area contributed by atoms with Gasteiger partial charge in [-0.05, 0) is 72.4 Å². The molecule has 0 N–H and O–H groups in total. The lowest BCUT2D eigenvalue weighted by molar-refractivity contribution is -0.0294. The summed E-state index contributed by atoms with van der Waals surface area (Å²) in [6.07, 6.45) is 1.49. The van der Waals surface area contributed by atoms with Gasteiger partial charge in [-0.15, -0.1) is 0 Å². The van der Waals surface area contributed by atoms with Crippen molar-refractivity contribution >= 4 is 0 Å². The molecule has 1 aliphatic heterocycles. The molecule has 1 heterocycles. The first-order chi connectivity index (χ1) is 17.2. The van der Waals surface area contributed by atoms with Gasteiger partial charge in [0.15, 0.2) is 34.8 Å². The minimum Gasteiger partial charge on any atom is -0.487 e. The average molecular weight is 512 g/mol. The van der Waals surface area contributed by atoms with Crippen molar-refractivity contribution in [2.75, 3.05) is 13.2 Å². The predicted molar refractivity (Wildman–Crippen MR) is 119 cm³/mol. The lowest BCUT2D eigenvalue weighted by Crippen LogP contribution is -2.26. The summed E-state index contributed by atoms with van der Waals surface area (Å²) in [7, 11) is 0. The number of rotatable bonds is 7. The first-order valence-electron chi connectivity index (χ1n) is 11.5.